The number of benzene rings is 8. The van der Waals surface area contributed by atoms with Crippen LogP contribution in [0.15, 0.2) is 212 Å². The number of anilines is 6. The summed E-state index contributed by atoms with van der Waals surface area (Å²) in [5, 5.41) is 0. The summed E-state index contributed by atoms with van der Waals surface area (Å²) >= 11 is 0. The summed E-state index contributed by atoms with van der Waals surface area (Å²) in [7, 11) is 0. The van der Waals surface area contributed by atoms with E-state index >= 15 is 0 Å². The van der Waals surface area contributed by atoms with Gasteiger partial charge in [0.25, 0.3) is 0 Å². The average molecular weight is 719 g/mol. The molecule has 262 valence electrons. The third-order valence-corrected chi connectivity index (χ3v) is 10.9. The molecule has 0 atom stereocenters. The van der Waals surface area contributed by atoms with E-state index in [-0.39, 0.29) is 29.9 Å². The summed E-state index contributed by atoms with van der Waals surface area (Å²) in [5.41, 5.74) is 16.8. The predicted octanol–water partition coefficient (Wildman–Crippen LogP) is 14.6. The van der Waals surface area contributed by atoms with E-state index in [1.807, 2.05) is 71.8 Å². The van der Waals surface area contributed by atoms with Crippen LogP contribution in [0.3, 0.4) is 0 Å². The highest BCUT2D eigenvalue weighted by molar-refractivity contribution is 6.05. The van der Waals surface area contributed by atoms with Crippen LogP contribution < -0.4 is 9.80 Å². The Bertz CT molecular complexity index is 3210. The quantitative estimate of drug-likeness (QED) is 0.181. The van der Waals surface area contributed by atoms with E-state index in [4.69, 9.17) is 6.85 Å². The van der Waals surface area contributed by atoms with Gasteiger partial charge in [-0.3, -0.25) is 4.98 Å². The summed E-state index contributed by atoms with van der Waals surface area (Å²) in [6, 6.07) is 59.0. The normalized spacial score (nSPS) is 13.5. The number of rotatable bonds is 4. The lowest BCUT2D eigenvalue weighted by Gasteiger charge is -2.28. The summed E-state index contributed by atoms with van der Waals surface area (Å²) in [6.07, 6.45) is 1.82. The lowest BCUT2D eigenvalue weighted by Crippen LogP contribution is -2.11. The van der Waals surface area contributed by atoms with Crippen LogP contribution in [0.5, 0.6) is 0 Å². The van der Waals surface area contributed by atoms with Crippen molar-refractivity contribution < 1.29 is 6.85 Å². The molecule has 0 unspecified atom stereocenters. The Morgan fingerprint density at radius 3 is 1.38 bits per heavy atom. The third-order valence-electron chi connectivity index (χ3n) is 10.9. The van der Waals surface area contributed by atoms with Crippen molar-refractivity contribution in [2.45, 2.75) is 0 Å². The number of fused-ring (bicyclic) bond motifs is 10. The highest BCUT2D eigenvalue weighted by Gasteiger charge is 2.28. The fourth-order valence-corrected chi connectivity index (χ4v) is 8.42. The van der Waals surface area contributed by atoms with Crippen molar-refractivity contribution in [2.75, 3.05) is 9.80 Å². The molecule has 0 N–H and O–H groups in total. The Morgan fingerprint density at radius 2 is 0.821 bits per heavy atom. The zero-order valence-electron chi connectivity index (χ0n) is 35.2. The molecule has 3 nitrogen and oxygen atoms in total. The molecule has 0 radical (unpaired) electrons. The van der Waals surface area contributed by atoms with E-state index in [1.54, 1.807) is 0 Å². The molecule has 0 aliphatic carbocycles. The molecule has 0 fully saturated rings. The van der Waals surface area contributed by atoms with Crippen molar-refractivity contribution in [3.05, 3.63) is 212 Å². The first kappa shape index (κ1) is 27.1. The van der Waals surface area contributed by atoms with Gasteiger partial charge in [0.15, 0.2) is 0 Å². The molecule has 11 rings (SSSR count). The van der Waals surface area contributed by atoms with Gasteiger partial charge in [0.2, 0.25) is 0 Å². The minimum atomic E-state index is -0.423. The molecule has 2 aliphatic heterocycles. The summed E-state index contributed by atoms with van der Waals surface area (Å²) in [6.45, 7) is 0. The maximum absolute atomic E-state index is 9.09. The first-order chi connectivity index (χ1) is 29.9. The number of pyridine rings is 1. The number of hydrogen-bond donors (Lipinski definition) is 0. The summed E-state index contributed by atoms with van der Waals surface area (Å²) in [4.78, 5) is 8.85. The van der Waals surface area contributed by atoms with Gasteiger partial charge in [-0.25, -0.2) is 0 Å². The fourth-order valence-electron chi connectivity index (χ4n) is 8.42. The second-order valence-corrected chi connectivity index (χ2v) is 14.0. The van der Waals surface area contributed by atoms with Gasteiger partial charge in [-0.05, 0) is 106 Å². The molecule has 0 spiro atoms. The van der Waals surface area contributed by atoms with Gasteiger partial charge in [0.05, 0.1) is 35.3 Å². The van der Waals surface area contributed by atoms with Gasteiger partial charge in [-0.15, -0.1) is 0 Å². The molecule has 0 saturated heterocycles. The smallest absolute Gasteiger partial charge is 0.0702 e. The van der Waals surface area contributed by atoms with Crippen molar-refractivity contribution in [3.63, 3.8) is 0 Å². The standard InChI is InChI=1S/C53H35N3/c1-2-16-39(17-3-1)55-50-26-10-8-23-45(50)41-19-4-6-21-43(41)47-34-36(28-30-52(47)55)37-29-31-53-48(35-37)44-22-7-5-20-42(44)46-24-9-11-27-51(46)56(53)40-18-14-15-38(33-40)49-25-12-13-32-54-49/h1-35H/i1D,2D,3D,16D,17D. The molecule has 8 aromatic carbocycles. The Morgan fingerprint density at radius 1 is 0.339 bits per heavy atom. The zero-order valence-corrected chi connectivity index (χ0v) is 30.2. The van der Waals surface area contributed by atoms with Gasteiger partial charge >= 0.3 is 0 Å². The van der Waals surface area contributed by atoms with E-state index in [2.05, 4.69) is 125 Å². The minimum absolute atomic E-state index is 0.105. The van der Waals surface area contributed by atoms with Crippen molar-refractivity contribution in [2.24, 2.45) is 0 Å². The lowest BCUT2D eigenvalue weighted by atomic mass is 9.90. The highest BCUT2D eigenvalue weighted by atomic mass is 15.2. The summed E-state index contributed by atoms with van der Waals surface area (Å²) in [5.74, 6) is 0. The second kappa shape index (κ2) is 13.1. The predicted molar refractivity (Wildman–Crippen MR) is 233 cm³/mol. The van der Waals surface area contributed by atoms with Gasteiger partial charge in [0.1, 0.15) is 0 Å². The maximum atomic E-state index is 9.09. The van der Waals surface area contributed by atoms with Crippen LogP contribution in [0.4, 0.5) is 34.1 Å². The first-order valence-electron chi connectivity index (χ1n) is 21.2. The molecule has 0 amide bonds. The summed E-state index contributed by atoms with van der Waals surface area (Å²) < 4.78 is 43.8. The zero-order chi connectivity index (χ0) is 41.4. The Hall–Kier alpha value is -7.49. The van der Waals surface area contributed by atoms with Gasteiger partial charge in [0, 0.05) is 45.4 Å². The van der Waals surface area contributed by atoms with Crippen LogP contribution in [0.1, 0.15) is 6.85 Å². The van der Waals surface area contributed by atoms with Crippen LogP contribution >= 0.6 is 0 Å². The van der Waals surface area contributed by atoms with Crippen LogP contribution in [0.25, 0.3) is 66.9 Å². The number of aromatic nitrogens is 1. The Kier molecular flexibility index (Phi) is 6.36. The monoisotopic (exact) mass is 718 g/mol. The molecule has 0 saturated carbocycles. The van der Waals surface area contributed by atoms with Crippen LogP contribution in [-0.4, -0.2) is 4.98 Å². The lowest BCUT2D eigenvalue weighted by molar-refractivity contribution is 1.28. The Balaban J connectivity index is 1.14. The fraction of sp³-hybridized carbons (Fsp3) is 0. The van der Waals surface area contributed by atoms with Crippen molar-refractivity contribution in [3.8, 4) is 66.9 Å². The first-order valence-corrected chi connectivity index (χ1v) is 18.7. The van der Waals surface area contributed by atoms with Crippen molar-refractivity contribution >= 4 is 34.1 Å². The molecule has 3 heterocycles. The van der Waals surface area contributed by atoms with Crippen LogP contribution in [0, 0.1) is 0 Å². The molecule has 56 heavy (non-hydrogen) atoms. The van der Waals surface area contributed by atoms with E-state index in [0.29, 0.717) is 5.69 Å². The molecular formula is C53H35N3. The Labute approximate surface area is 334 Å². The molecule has 2 aliphatic rings. The van der Waals surface area contributed by atoms with Crippen LogP contribution in [-0.2, 0) is 0 Å². The number of nitrogens with zero attached hydrogens (tertiary/aromatic N) is 3. The molecular weight excluding hydrogens is 679 g/mol. The van der Waals surface area contributed by atoms with E-state index in [9.17, 15) is 0 Å². The van der Waals surface area contributed by atoms with E-state index in [1.165, 1.54) is 0 Å². The number of para-hydroxylation sites is 3. The van der Waals surface area contributed by atoms with E-state index in [0.717, 1.165) is 89.6 Å². The SMILES string of the molecule is [2H]c1c([2H])c([2H])c(N2c3ccccc3-c3ccccc3-c3cc(-c4ccc5c(c4)-c4ccccc4-c4ccccc4N5c4cccc(-c5ccccn5)c4)ccc32)c([2H])c1[2H]. The second-order valence-electron chi connectivity index (χ2n) is 14.0. The minimum Gasteiger partial charge on any atom is -0.309 e. The molecule has 3 heteroatoms. The highest BCUT2D eigenvalue weighted by Crippen LogP contribution is 2.54. The van der Waals surface area contributed by atoms with Crippen LogP contribution in [0.2, 0.25) is 0 Å². The van der Waals surface area contributed by atoms with Gasteiger partial charge < -0.3 is 9.80 Å². The third kappa shape index (κ3) is 5.17. The molecule has 9 aromatic rings. The largest absolute Gasteiger partial charge is 0.309 e. The van der Waals surface area contributed by atoms with Gasteiger partial charge in [-0.1, -0.05) is 133 Å². The topological polar surface area (TPSA) is 19.4 Å². The van der Waals surface area contributed by atoms with Gasteiger partial charge in [-0.2, -0.15) is 0 Å². The van der Waals surface area contributed by atoms with Crippen molar-refractivity contribution in [1.82, 2.24) is 4.98 Å². The average Bonchev–Trinajstić information content (AvgIpc) is 3.52. The molecule has 1 aromatic heterocycles. The molecule has 0 bridgehead atoms. The number of hydrogen-bond acceptors (Lipinski definition) is 3. The maximum Gasteiger partial charge on any atom is 0.0702 e. The van der Waals surface area contributed by atoms with E-state index < -0.39 is 6.04 Å². The van der Waals surface area contributed by atoms with Crippen molar-refractivity contribution in [1.29, 1.82) is 0 Å².